The number of aliphatic hydroxyl groups is 1. The van der Waals surface area contributed by atoms with E-state index < -0.39 is 97.5 Å². The fraction of sp³-hybridized carbons (Fsp3) is 0.940. The summed E-state index contributed by atoms with van der Waals surface area (Å²) in [5.41, 5.74) is 0. The molecule has 0 aliphatic heterocycles. The molecule has 0 aromatic rings. The molecule has 19 heteroatoms. The molecular formula is C67H130O17P2. The molecule has 3 N–H and O–H groups in total. The van der Waals surface area contributed by atoms with E-state index in [9.17, 15) is 43.2 Å². The molecule has 0 radical (unpaired) electrons. The maximum absolute atomic E-state index is 13.0. The summed E-state index contributed by atoms with van der Waals surface area (Å²) in [4.78, 5) is 72.4. The van der Waals surface area contributed by atoms with Gasteiger partial charge in [-0.05, 0) is 49.4 Å². The minimum atomic E-state index is -4.95. The highest BCUT2D eigenvalue weighted by Gasteiger charge is 2.30. The smallest absolute Gasteiger partial charge is 0.462 e. The highest BCUT2D eigenvalue weighted by molar-refractivity contribution is 7.47. The van der Waals surface area contributed by atoms with Crippen molar-refractivity contribution < 1.29 is 80.2 Å². The van der Waals surface area contributed by atoms with Crippen LogP contribution in [0.3, 0.4) is 0 Å². The Bertz CT molecular complexity index is 1720. The molecule has 86 heavy (non-hydrogen) atoms. The number of unbranched alkanes of at least 4 members (excludes halogenated alkanes) is 29. The monoisotopic (exact) mass is 1270 g/mol. The molecule has 0 fully saturated rings. The van der Waals surface area contributed by atoms with Crippen LogP contribution in [0.1, 0.15) is 325 Å². The summed E-state index contributed by atoms with van der Waals surface area (Å²) in [6, 6.07) is 0. The number of carbonyl (C=O) groups is 4. The molecule has 0 spiro atoms. The van der Waals surface area contributed by atoms with Crippen LogP contribution in [0.2, 0.25) is 0 Å². The van der Waals surface area contributed by atoms with Crippen molar-refractivity contribution in [2.75, 3.05) is 39.6 Å². The van der Waals surface area contributed by atoms with Crippen molar-refractivity contribution in [3.63, 3.8) is 0 Å². The van der Waals surface area contributed by atoms with Crippen molar-refractivity contribution in [1.82, 2.24) is 0 Å². The standard InChI is InChI=1S/C67H130O17P2/c1-9-60(8)46-38-30-22-16-17-25-34-42-50-67(72)84-62(53-77-64(69)47-39-31-23-14-10-12-19-27-35-43-57(2)3)55-81-85(73,74)79-51-61(68)52-80-86(75,76)82-56-63(54-78-65(70)48-40-32-26-18-21-29-37-45-59(6)7)83-66(71)49-41-33-24-15-11-13-20-28-36-44-58(4)5/h57-63,68H,9-56H2,1-8H3,(H,73,74)(H,75,76)/t60?,61?,62-,63-/m1/s1. The van der Waals surface area contributed by atoms with Crippen LogP contribution in [-0.4, -0.2) is 96.7 Å². The Kier molecular flexibility index (Phi) is 55.7. The van der Waals surface area contributed by atoms with E-state index in [1.54, 1.807) is 0 Å². The zero-order valence-corrected chi connectivity index (χ0v) is 57.7. The quantitative estimate of drug-likeness (QED) is 0.0222. The number of phosphoric ester groups is 2. The summed E-state index contributed by atoms with van der Waals surface area (Å²) in [6.07, 6.45) is 37.6. The fourth-order valence-corrected chi connectivity index (χ4v) is 11.5. The van der Waals surface area contributed by atoms with Crippen LogP contribution in [0.4, 0.5) is 0 Å². The van der Waals surface area contributed by atoms with Gasteiger partial charge in [0.2, 0.25) is 0 Å². The predicted octanol–water partition coefficient (Wildman–Crippen LogP) is 18.5. The zero-order valence-electron chi connectivity index (χ0n) is 55.9. The van der Waals surface area contributed by atoms with Crippen molar-refractivity contribution in [3.8, 4) is 0 Å². The molecule has 0 aromatic carbocycles. The highest BCUT2D eigenvalue weighted by Crippen LogP contribution is 2.45. The van der Waals surface area contributed by atoms with Crippen LogP contribution in [-0.2, 0) is 65.4 Å². The summed E-state index contributed by atoms with van der Waals surface area (Å²) in [6.45, 7) is 14.0. The van der Waals surface area contributed by atoms with E-state index in [2.05, 4.69) is 55.4 Å². The van der Waals surface area contributed by atoms with Crippen LogP contribution in [0, 0.1) is 23.7 Å². The number of rotatable bonds is 64. The lowest BCUT2D eigenvalue weighted by Gasteiger charge is -2.21. The van der Waals surface area contributed by atoms with Crippen molar-refractivity contribution in [1.29, 1.82) is 0 Å². The van der Waals surface area contributed by atoms with Crippen LogP contribution < -0.4 is 0 Å². The Morgan fingerprint density at radius 2 is 0.558 bits per heavy atom. The van der Waals surface area contributed by atoms with Gasteiger partial charge in [0.15, 0.2) is 12.2 Å². The summed E-state index contributed by atoms with van der Waals surface area (Å²) >= 11 is 0. The molecule has 0 rings (SSSR count). The molecule has 0 heterocycles. The molecular weight excluding hydrogens is 1140 g/mol. The Balaban J connectivity index is 5.27. The molecule has 0 bridgehead atoms. The number of phosphoric acid groups is 2. The lowest BCUT2D eigenvalue weighted by atomic mass is 9.99. The van der Waals surface area contributed by atoms with Gasteiger partial charge in [0, 0.05) is 25.7 Å². The molecule has 6 atom stereocenters. The average Bonchev–Trinajstić information content (AvgIpc) is 3.57. The molecule has 0 saturated carbocycles. The van der Waals surface area contributed by atoms with E-state index in [0.29, 0.717) is 31.6 Å². The number of ether oxygens (including phenoxy) is 4. The maximum Gasteiger partial charge on any atom is 0.472 e. The Morgan fingerprint density at radius 3 is 0.826 bits per heavy atom. The summed E-state index contributed by atoms with van der Waals surface area (Å²) in [5.74, 6) is 0.819. The van der Waals surface area contributed by atoms with Crippen molar-refractivity contribution >= 4 is 39.5 Å². The van der Waals surface area contributed by atoms with Gasteiger partial charge in [0.25, 0.3) is 0 Å². The summed E-state index contributed by atoms with van der Waals surface area (Å²) in [5, 5.41) is 10.6. The van der Waals surface area contributed by atoms with E-state index in [4.69, 9.17) is 37.0 Å². The van der Waals surface area contributed by atoms with Gasteiger partial charge in [-0.25, -0.2) is 9.13 Å². The first kappa shape index (κ1) is 84.1. The van der Waals surface area contributed by atoms with Gasteiger partial charge >= 0.3 is 39.5 Å². The van der Waals surface area contributed by atoms with Gasteiger partial charge in [0.05, 0.1) is 26.4 Å². The second-order valence-corrected chi connectivity index (χ2v) is 28.8. The van der Waals surface area contributed by atoms with Crippen LogP contribution in [0.15, 0.2) is 0 Å². The first-order chi connectivity index (χ1) is 41.1. The minimum absolute atomic E-state index is 0.104. The van der Waals surface area contributed by atoms with Crippen LogP contribution >= 0.6 is 15.6 Å². The third kappa shape index (κ3) is 59.7. The Hall–Kier alpha value is -1.94. The minimum Gasteiger partial charge on any atom is -0.462 e. The van der Waals surface area contributed by atoms with E-state index in [1.165, 1.54) is 122 Å². The van der Waals surface area contributed by atoms with Gasteiger partial charge < -0.3 is 33.8 Å². The first-order valence-electron chi connectivity index (χ1n) is 34.7. The number of hydrogen-bond acceptors (Lipinski definition) is 15. The summed E-state index contributed by atoms with van der Waals surface area (Å²) < 4.78 is 68.1. The Labute approximate surface area is 524 Å². The van der Waals surface area contributed by atoms with E-state index in [1.807, 2.05) is 0 Å². The van der Waals surface area contributed by atoms with E-state index in [0.717, 1.165) is 114 Å². The van der Waals surface area contributed by atoms with Crippen molar-refractivity contribution in [3.05, 3.63) is 0 Å². The number of hydrogen-bond donors (Lipinski definition) is 3. The van der Waals surface area contributed by atoms with Gasteiger partial charge in [-0.15, -0.1) is 0 Å². The van der Waals surface area contributed by atoms with Crippen LogP contribution in [0.5, 0.6) is 0 Å². The molecule has 0 saturated heterocycles. The molecule has 0 amide bonds. The topological polar surface area (TPSA) is 237 Å². The van der Waals surface area contributed by atoms with Crippen LogP contribution in [0.25, 0.3) is 0 Å². The zero-order chi connectivity index (χ0) is 63.9. The normalized spacial score (nSPS) is 14.7. The SMILES string of the molecule is CCC(C)CCCCCCCCCCC(=O)O[C@H](COC(=O)CCCCCCCCCCCC(C)C)COP(=O)(O)OCC(O)COP(=O)(O)OC[C@@H](COC(=O)CCCCCCCCCC(C)C)OC(=O)CCCCCCCCCCCC(C)C. The fourth-order valence-electron chi connectivity index (χ4n) is 9.93. The predicted molar refractivity (Wildman–Crippen MR) is 344 cm³/mol. The third-order valence-corrected chi connectivity index (χ3v) is 17.6. The second kappa shape index (κ2) is 57.0. The Morgan fingerprint density at radius 1 is 0.326 bits per heavy atom. The average molecular weight is 1270 g/mol. The van der Waals surface area contributed by atoms with Gasteiger partial charge in [-0.1, -0.05) is 274 Å². The number of esters is 4. The molecule has 510 valence electrons. The van der Waals surface area contributed by atoms with Gasteiger partial charge in [-0.3, -0.25) is 37.3 Å². The highest BCUT2D eigenvalue weighted by atomic mass is 31.2. The number of aliphatic hydroxyl groups excluding tert-OH is 1. The van der Waals surface area contributed by atoms with E-state index >= 15 is 0 Å². The molecule has 4 unspecified atom stereocenters. The summed E-state index contributed by atoms with van der Waals surface area (Å²) in [7, 11) is -9.90. The third-order valence-electron chi connectivity index (χ3n) is 15.7. The van der Waals surface area contributed by atoms with Gasteiger partial charge in [0.1, 0.15) is 19.3 Å². The van der Waals surface area contributed by atoms with Crippen molar-refractivity contribution in [2.45, 2.75) is 343 Å². The largest absolute Gasteiger partial charge is 0.472 e. The molecule has 0 aliphatic carbocycles. The number of carbonyl (C=O) groups excluding carboxylic acids is 4. The molecule has 0 aromatic heterocycles. The molecule has 0 aliphatic rings. The molecule has 17 nitrogen and oxygen atoms in total. The first-order valence-corrected chi connectivity index (χ1v) is 37.7. The lowest BCUT2D eigenvalue weighted by molar-refractivity contribution is -0.161. The van der Waals surface area contributed by atoms with Crippen molar-refractivity contribution in [2.24, 2.45) is 23.7 Å². The second-order valence-electron chi connectivity index (χ2n) is 25.9. The van der Waals surface area contributed by atoms with Gasteiger partial charge in [-0.2, -0.15) is 0 Å². The maximum atomic E-state index is 13.0. The lowest BCUT2D eigenvalue weighted by Crippen LogP contribution is -2.30. The van der Waals surface area contributed by atoms with E-state index in [-0.39, 0.29) is 25.7 Å².